The number of aromatic nitrogens is 3. The van der Waals surface area contributed by atoms with Crippen molar-refractivity contribution in [1.82, 2.24) is 19.9 Å². The van der Waals surface area contributed by atoms with Crippen LogP contribution in [-0.4, -0.2) is 70.7 Å². The molecule has 36 heavy (non-hydrogen) atoms. The van der Waals surface area contributed by atoms with Crippen molar-refractivity contribution in [2.45, 2.75) is 12.6 Å². The van der Waals surface area contributed by atoms with Gasteiger partial charge in [-0.15, -0.1) is 5.10 Å². The van der Waals surface area contributed by atoms with Gasteiger partial charge in [-0.1, -0.05) is 35.0 Å². The molecule has 0 radical (unpaired) electrons. The van der Waals surface area contributed by atoms with Gasteiger partial charge in [0, 0.05) is 43.5 Å². The van der Waals surface area contributed by atoms with E-state index in [9.17, 15) is 9.59 Å². The van der Waals surface area contributed by atoms with Crippen molar-refractivity contribution in [2.75, 3.05) is 42.5 Å². The molecule has 9 nitrogen and oxygen atoms in total. The molecule has 5 rings (SSSR count). The van der Waals surface area contributed by atoms with Crippen LogP contribution in [0.2, 0.25) is 5.02 Å². The monoisotopic (exact) mass is 510 g/mol. The van der Waals surface area contributed by atoms with Crippen LogP contribution in [-0.2, 0) is 16.1 Å². The van der Waals surface area contributed by atoms with Gasteiger partial charge in [0.1, 0.15) is 11.9 Å². The zero-order chi connectivity index (χ0) is 25.1. The quantitative estimate of drug-likeness (QED) is 0.472. The zero-order valence-electron chi connectivity index (χ0n) is 19.3. The van der Waals surface area contributed by atoms with Gasteiger partial charge in [0.2, 0.25) is 5.91 Å². The van der Waals surface area contributed by atoms with Gasteiger partial charge in [-0.25, -0.2) is 13.9 Å². The van der Waals surface area contributed by atoms with Crippen LogP contribution < -0.4 is 9.80 Å². The molecule has 2 saturated heterocycles. The van der Waals surface area contributed by atoms with E-state index < -0.39 is 18.0 Å². The second kappa shape index (κ2) is 10.4. The third-order valence-corrected chi connectivity index (χ3v) is 6.57. The molecule has 11 heteroatoms. The van der Waals surface area contributed by atoms with Crippen molar-refractivity contribution < 1.29 is 18.7 Å². The fraction of sp³-hybridized carbons (Fsp3) is 0.280. The number of anilines is 2. The molecule has 0 bridgehead atoms. The molecule has 1 aromatic heterocycles. The molecule has 2 amide bonds. The van der Waals surface area contributed by atoms with Crippen molar-refractivity contribution in [2.24, 2.45) is 0 Å². The smallest absolute Gasteiger partial charge is 0.414 e. The number of ether oxygens (including phenoxy) is 1. The summed E-state index contributed by atoms with van der Waals surface area (Å²) < 4.78 is 22.0. The summed E-state index contributed by atoms with van der Waals surface area (Å²) in [5.74, 6) is -0.545. The van der Waals surface area contributed by atoms with Gasteiger partial charge in [0.05, 0.1) is 30.7 Å². The third-order valence-electron chi connectivity index (χ3n) is 6.22. The van der Waals surface area contributed by atoms with E-state index in [1.165, 1.54) is 17.0 Å². The number of halogens is 2. The van der Waals surface area contributed by atoms with E-state index in [-0.39, 0.29) is 5.91 Å². The van der Waals surface area contributed by atoms with Crippen molar-refractivity contribution in [3.8, 4) is 0 Å². The molecule has 0 saturated carbocycles. The number of nitrogens with zero attached hydrogens (tertiary/aromatic N) is 6. The largest absolute Gasteiger partial charge is 0.442 e. The number of cyclic esters (lactones) is 1. The predicted octanol–water partition coefficient (Wildman–Crippen LogP) is 3.46. The highest BCUT2D eigenvalue weighted by atomic mass is 35.5. The maximum atomic E-state index is 15.1. The minimum atomic E-state index is -0.524. The van der Waals surface area contributed by atoms with Gasteiger partial charge in [-0.3, -0.25) is 9.69 Å². The lowest BCUT2D eigenvalue weighted by molar-refractivity contribution is -0.126. The molecule has 0 N–H and O–H groups in total. The topological polar surface area (TPSA) is 83.8 Å². The molecule has 3 heterocycles. The lowest BCUT2D eigenvalue weighted by Crippen LogP contribution is -2.48. The maximum Gasteiger partial charge on any atom is 0.414 e. The van der Waals surface area contributed by atoms with Crippen molar-refractivity contribution >= 4 is 41.1 Å². The molecule has 3 aromatic rings. The number of hydrogen-bond acceptors (Lipinski definition) is 6. The first kappa shape index (κ1) is 23.8. The Morgan fingerprint density at radius 1 is 1.17 bits per heavy atom. The van der Waals surface area contributed by atoms with E-state index in [1.807, 2.05) is 23.1 Å². The minimum Gasteiger partial charge on any atom is -0.442 e. The highest BCUT2D eigenvalue weighted by molar-refractivity contribution is 6.32. The van der Waals surface area contributed by atoms with E-state index in [1.54, 1.807) is 46.3 Å². The summed E-state index contributed by atoms with van der Waals surface area (Å²) in [5, 5.41) is 8.20. The molecular formula is C25H24ClFN6O3. The van der Waals surface area contributed by atoms with Crippen molar-refractivity contribution in [1.29, 1.82) is 0 Å². The maximum absolute atomic E-state index is 15.1. The van der Waals surface area contributed by atoms with Crippen LogP contribution in [0, 0.1) is 5.82 Å². The molecule has 2 aliphatic rings. The second-order valence-corrected chi connectivity index (χ2v) is 8.95. The molecule has 2 aliphatic heterocycles. The Bertz CT molecular complexity index is 1280. The van der Waals surface area contributed by atoms with Gasteiger partial charge >= 0.3 is 6.09 Å². The Morgan fingerprint density at radius 2 is 1.97 bits per heavy atom. The summed E-state index contributed by atoms with van der Waals surface area (Å²) in [5.41, 5.74) is 1.64. The van der Waals surface area contributed by atoms with Gasteiger partial charge in [-0.2, -0.15) is 0 Å². The summed E-state index contributed by atoms with van der Waals surface area (Å²) in [6.45, 7) is 2.59. The average Bonchev–Trinajstić information content (AvgIpc) is 3.53. The Labute approximate surface area is 212 Å². The first-order valence-corrected chi connectivity index (χ1v) is 11.9. The third kappa shape index (κ3) is 5.18. The number of hydrogen-bond donors (Lipinski definition) is 0. The highest BCUT2D eigenvalue weighted by Gasteiger charge is 2.33. The van der Waals surface area contributed by atoms with Crippen LogP contribution in [0.1, 0.15) is 5.56 Å². The number of rotatable bonds is 6. The summed E-state index contributed by atoms with van der Waals surface area (Å²) in [4.78, 5) is 30.0. The fourth-order valence-electron chi connectivity index (χ4n) is 4.33. The number of carbonyl (C=O) groups is 2. The first-order valence-electron chi connectivity index (χ1n) is 11.6. The van der Waals surface area contributed by atoms with Crippen LogP contribution in [0.4, 0.5) is 20.6 Å². The Hall–Kier alpha value is -3.92. The number of piperazine rings is 1. The summed E-state index contributed by atoms with van der Waals surface area (Å²) in [6, 6.07) is 12.0. The van der Waals surface area contributed by atoms with E-state index in [0.717, 1.165) is 5.56 Å². The molecule has 1 atom stereocenters. The first-order chi connectivity index (χ1) is 17.5. The molecule has 2 fully saturated rings. The van der Waals surface area contributed by atoms with Crippen molar-refractivity contribution in [3.05, 3.63) is 77.3 Å². The SMILES string of the molecule is O=C(/C=C/c1ccccc1Cl)N1CCN(c2ccc(N3C[C@H](Cn4ccnn4)OC3=O)cc2F)CC1. The fourth-order valence-corrected chi connectivity index (χ4v) is 4.53. The molecule has 2 aromatic carbocycles. The summed E-state index contributed by atoms with van der Waals surface area (Å²) in [7, 11) is 0. The normalized spacial score (nSPS) is 18.2. The van der Waals surface area contributed by atoms with E-state index in [2.05, 4.69) is 10.3 Å². The number of benzene rings is 2. The molecule has 0 unspecified atom stereocenters. The van der Waals surface area contributed by atoms with E-state index in [0.29, 0.717) is 55.7 Å². The Morgan fingerprint density at radius 3 is 2.69 bits per heavy atom. The van der Waals surface area contributed by atoms with Crippen LogP contribution in [0.5, 0.6) is 0 Å². The summed E-state index contributed by atoms with van der Waals surface area (Å²) >= 11 is 6.14. The summed E-state index contributed by atoms with van der Waals surface area (Å²) in [6.07, 6.45) is 5.53. The lowest BCUT2D eigenvalue weighted by atomic mass is 10.2. The molecule has 0 spiro atoms. The predicted molar refractivity (Wildman–Crippen MR) is 133 cm³/mol. The number of amides is 2. The van der Waals surface area contributed by atoms with Crippen molar-refractivity contribution in [3.63, 3.8) is 0 Å². The highest BCUT2D eigenvalue weighted by Crippen LogP contribution is 2.29. The molecule has 0 aliphatic carbocycles. The van der Waals surface area contributed by atoms with Crippen LogP contribution >= 0.6 is 11.6 Å². The van der Waals surface area contributed by atoms with Crippen LogP contribution in [0.3, 0.4) is 0 Å². The van der Waals surface area contributed by atoms with Gasteiger partial charge in [0.15, 0.2) is 0 Å². The standard InChI is InChI=1S/C25H24ClFN6O3/c26-21-4-2-1-3-18(21)5-8-24(34)31-13-11-30(12-14-31)23-7-6-19(15-22(23)27)33-17-20(36-25(33)35)16-32-10-9-28-29-32/h1-10,15,20H,11-14,16-17H2/b8-5+/t20-/m0/s1. The van der Waals surface area contributed by atoms with Gasteiger partial charge in [-0.05, 0) is 35.9 Å². The lowest BCUT2D eigenvalue weighted by Gasteiger charge is -2.36. The molecule has 186 valence electrons. The van der Waals surface area contributed by atoms with E-state index >= 15 is 4.39 Å². The van der Waals surface area contributed by atoms with Gasteiger partial charge < -0.3 is 14.5 Å². The minimum absolute atomic E-state index is 0.113. The van der Waals surface area contributed by atoms with Crippen LogP contribution in [0.15, 0.2) is 60.9 Å². The van der Waals surface area contributed by atoms with Gasteiger partial charge in [0.25, 0.3) is 0 Å². The van der Waals surface area contributed by atoms with E-state index in [4.69, 9.17) is 16.3 Å². The Kier molecular flexibility index (Phi) is 6.86. The van der Waals surface area contributed by atoms with Crippen LogP contribution in [0.25, 0.3) is 6.08 Å². The zero-order valence-corrected chi connectivity index (χ0v) is 20.1. The Balaban J connectivity index is 1.18. The average molecular weight is 511 g/mol. The number of carbonyl (C=O) groups excluding carboxylic acids is 2. The second-order valence-electron chi connectivity index (χ2n) is 8.54. The molecular weight excluding hydrogens is 487 g/mol.